The van der Waals surface area contributed by atoms with E-state index in [0.717, 1.165) is 61.1 Å². The lowest BCUT2D eigenvalue weighted by Crippen LogP contribution is -2.46. The molecule has 0 saturated carbocycles. The summed E-state index contributed by atoms with van der Waals surface area (Å²) in [5.41, 5.74) is -0.939. The van der Waals surface area contributed by atoms with E-state index in [4.69, 9.17) is 4.74 Å². The summed E-state index contributed by atoms with van der Waals surface area (Å²) >= 11 is 0. The Kier molecular flexibility index (Phi) is 11.6. The van der Waals surface area contributed by atoms with Gasteiger partial charge in [-0.3, -0.25) is 3.97 Å². The minimum absolute atomic E-state index is 0.0687. The zero-order valence-corrected chi connectivity index (χ0v) is 23.4. The number of benzene rings is 2. The molecule has 0 amide bonds. The molecule has 1 fully saturated rings. The molecule has 5 nitrogen and oxygen atoms in total. The summed E-state index contributed by atoms with van der Waals surface area (Å²) in [7, 11) is -0.544. The zero-order valence-electron chi connectivity index (χ0n) is 22.6. The number of alkyl halides is 5. The third-order valence-corrected chi connectivity index (χ3v) is 7.37. The van der Waals surface area contributed by atoms with Crippen LogP contribution in [0.5, 0.6) is 5.75 Å². The van der Waals surface area contributed by atoms with Gasteiger partial charge in [0.2, 0.25) is 0 Å². The van der Waals surface area contributed by atoms with Crippen molar-refractivity contribution in [3.05, 3.63) is 53.7 Å². The lowest BCUT2D eigenvalue weighted by molar-refractivity contribution is -0.137. The van der Waals surface area contributed by atoms with Gasteiger partial charge in [0.15, 0.2) is 11.0 Å². The maximum Gasteiger partial charge on any atom is 0.416 e. The summed E-state index contributed by atoms with van der Waals surface area (Å²) < 4.78 is 87.0. The maximum atomic E-state index is 13.6. The lowest BCUT2D eigenvalue weighted by Gasteiger charge is -2.36. The van der Waals surface area contributed by atoms with E-state index in [0.29, 0.717) is 11.4 Å². The van der Waals surface area contributed by atoms with E-state index >= 15 is 0 Å². The summed E-state index contributed by atoms with van der Waals surface area (Å²) in [5, 5.41) is -0.0687. The van der Waals surface area contributed by atoms with Crippen molar-refractivity contribution in [3.63, 3.8) is 0 Å². The van der Waals surface area contributed by atoms with E-state index in [1.54, 1.807) is 12.1 Å². The fourth-order valence-electron chi connectivity index (χ4n) is 4.16. The van der Waals surface area contributed by atoms with E-state index in [-0.39, 0.29) is 15.8 Å². The molecule has 11 heteroatoms. The molecule has 212 valence electrons. The van der Waals surface area contributed by atoms with Crippen molar-refractivity contribution in [2.24, 2.45) is 0 Å². The van der Waals surface area contributed by atoms with Crippen LogP contribution in [0, 0.1) is 0 Å². The van der Waals surface area contributed by atoms with Crippen LogP contribution in [-0.2, 0) is 17.2 Å². The Morgan fingerprint density at radius 1 is 0.974 bits per heavy atom. The SMILES string of the molecule is CC.CC.CCN1CCN(c2cc(S(=O)n3cc(C(F)F)c4ccc(C(F)(F)F)cc43)ccc2OC)CC1. The predicted molar refractivity (Wildman–Crippen MR) is 144 cm³/mol. The van der Waals surface area contributed by atoms with Crippen molar-refractivity contribution in [2.75, 3.05) is 44.7 Å². The number of halogens is 5. The first kappa shape index (κ1) is 31.6. The average Bonchev–Trinajstić information content (AvgIpc) is 3.33. The van der Waals surface area contributed by atoms with Crippen LogP contribution >= 0.6 is 0 Å². The molecule has 0 aliphatic carbocycles. The largest absolute Gasteiger partial charge is 0.495 e. The lowest BCUT2D eigenvalue weighted by atomic mass is 10.1. The normalized spacial score (nSPS) is 15.0. The van der Waals surface area contributed by atoms with Gasteiger partial charge in [-0.25, -0.2) is 13.0 Å². The molecule has 1 aliphatic rings. The number of rotatable bonds is 6. The molecule has 1 aliphatic heterocycles. The minimum Gasteiger partial charge on any atom is -0.495 e. The molecule has 0 N–H and O–H groups in total. The fraction of sp³-hybridized carbons (Fsp3) is 0.481. The molecule has 0 bridgehead atoms. The molecular weight excluding hydrogens is 525 g/mol. The van der Waals surface area contributed by atoms with Crippen molar-refractivity contribution < 1.29 is 30.9 Å². The number of hydrogen-bond acceptors (Lipinski definition) is 4. The summed E-state index contributed by atoms with van der Waals surface area (Å²) in [5.74, 6) is 0.565. The van der Waals surface area contributed by atoms with E-state index in [1.165, 1.54) is 13.2 Å². The third-order valence-electron chi connectivity index (χ3n) is 6.06. The quantitative estimate of drug-likeness (QED) is 0.295. The average molecular weight is 562 g/mol. The van der Waals surface area contributed by atoms with Crippen molar-refractivity contribution >= 4 is 27.6 Å². The van der Waals surface area contributed by atoms with Gasteiger partial charge in [-0.2, -0.15) is 13.2 Å². The van der Waals surface area contributed by atoms with E-state index in [2.05, 4.69) is 16.7 Å². The molecule has 3 aromatic rings. The van der Waals surface area contributed by atoms with Crippen molar-refractivity contribution in [2.45, 2.75) is 52.1 Å². The zero-order chi connectivity index (χ0) is 28.6. The minimum atomic E-state index is -4.66. The van der Waals surface area contributed by atoms with Gasteiger partial charge in [0.25, 0.3) is 6.43 Å². The highest BCUT2D eigenvalue weighted by atomic mass is 32.2. The first-order valence-electron chi connectivity index (χ1n) is 12.7. The third kappa shape index (κ3) is 6.85. The molecule has 1 unspecified atom stereocenters. The molecule has 38 heavy (non-hydrogen) atoms. The van der Waals surface area contributed by atoms with Crippen LogP contribution in [0.15, 0.2) is 47.5 Å². The second kappa shape index (κ2) is 13.9. The molecule has 4 rings (SSSR count). The number of nitrogens with zero attached hydrogens (tertiary/aromatic N) is 3. The first-order valence-corrected chi connectivity index (χ1v) is 13.8. The maximum absolute atomic E-state index is 13.6. The molecule has 2 aromatic carbocycles. The highest BCUT2D eigenvalue weighted by Crippen LogP contribution is 2.37. The monoisotopic (exact) mass is 561 g/mol. The van der Waals surface area contributed by atoms with Crippen LogP contribution in [0.4, 0.5) is 27.6 Å². The second-order valence-electron chi connectivity index (χ2n) is 7.94. The van der Waals surface area contributed by atoms with Crippen molar-refractivity contribution in [1.82, 2.24) is 8.87 Å². The summed E-state index contributed by atoms with van der Waals surface area (Å²) in [6, 6.07) is 7.33. The van der Waals surface area contributed by atoms with Gasteiger partial charge in [0.05, 0.1) is 28.8 Å². The Balaban J connectivity index is 0.00000121. The molecule has 0 spiro atoms. The van der Waals surface area contributed by atoms with Gasteiger partial charge < -0.3 is 14.5 Å². The summed E-state index contributed by atoms with van der Waals surface area (Å²) in [6.45, 7) is 14.1. The molecule has 0 radical (unpaired) electrons. The first-order chi connectivity index (χ1) is 18.1. The Bertz CT molecular complexity index is 1210. The molecule has 2 heterocycles. The fourth-order valence-corrected chi connectivity index (χ4v) is 5.32. The predicted octanol–water partition coefficient (Wildman–Crippen LogP) is 7.37. The van der Waals surface area contributed by atoms with Crippen LogP contribution in [0.3, 0.4) is 0 Å². The van der Waals surface area contributed by atoms with Gasteiger partial charge >= 0.3 is 6.18 Å². The van der Waals surface area contributed by atoms with Crippen LogP contribution < -0.4 is 9.64 Å². The van der Waals surface area contributed by atoms with E-state index in [1.807, 2.05) is 27.7 Å². The van der Waals surface area contributed by atoms with Crippen molar-refractivity contribution in [3.8, 4) is 5.75 Å². The number of anilines is 1. The highest BCUT2D eigenvalue weighted by molar-refractivity contribution is 7.83. The van der Waals surface area contributed by atoms with Gasteiger partial charge in [-0.15, -0.1) is 0 Å². The molecule has 1 aromatic heterocycles. The Morgan fingerprint density at radius 2 is 1.61 bits per heavy atom. The van der Waals surface area contributed by atoms with Crippen LogP contribution in [0.1, 0.15) is 52.2 Å². The summed E-state index contributed by atoms with van der Waals surface area (Å²) in [4.78, 5) is 4.65. The molecule has 1 saturated heterocycles. The number of ether oxygens (including phenoxy) is 1. The van der Waals surface area contributed by atoms with Crippen LogP contribution in [0.2, 0.25) is 0 Å². The molecular formula is C27H36F5N3O2S. The highest BCUT2D eigenvalue weighted by Gasteiger charge is 2.32. The number of piperazine rings is 1. The van der Waals surface area contributed by atoms with E-state index in [9.17, 15) is 26.2 Å². The van der Waals surface area contributed by atoms with Gasteiger partial charge in [-0.1, -0.05) is 40.7 Å². The van der Waals surface area contributed by atoms with E-state index < -0.39 is 34.7 Å². The number of likely N-dealkylation sites (N-methyl/N-ethyl adjacent to an activating group) is 1. The van der Waals surface area contributed by atoms with Gasteiger partial charge in [0, 0.05) is 43.3 Å². The van der Waals surface area contributed by atoms with Crippen molar-refractivity contribution in [1.29, 1.82) is 0 Å². The Labute approximate surface area is 223 Å². The van der Waals surface area contributed by atoms with Crippen LogP contribution in [0.25, 0.3) is 10.9 Å². The standard InChI is InChI=1S/C23H24F5N3O2S.2C2H6/c1-3-29-8-10-30(11-9-29)20-13-16(5-7-21(20)33-2)34(32)31-14-18(22(24)25)17-6-4-15(12-19(17)31)23(26,27)28;2*1-2/h4-7,12-14,22H,3,8-11H2,1-2H3;2*1-2H3. The van der Waals surface area contributed by atoms with Gasteiger partial charge in [0.1, 0.15) is 5.75 Å². The van der Waals surface area contributed by atoms with Gasteiger partial charge in [-0.05, 0) is 36.9 Å². The Hall–Kier alpha value is -2.66. The topological polar surface area (TPSA) is 37.7 Å². The number of hydrogen-bond donors (Lipinski definition) is 0. The second-order valence-corrected chi connectivity index (χ2v) is 9.31. The number of methoxy groups -OCH3 is 1. The van der Waals surface area contributed by atoms with Crippen LogP contribution in [-0.4, -0.2) is 52.9 Å². The number of fused-ring (bicyclic) bond motifs is 1. The Morgan fingerprint density at radius 3 is 2.13 bits per heavy atom. The smallest absolute Gasteiger partial charge is 0.416 e. The summed E-state index contributed by atoms with van der Waals surface area (Å²) in [6.07, 6.45) is -6.63. The number of aromatic nitrogens is 1. The molecule has 1 atom stereocenters.